The first-order valence-electron chi connectivity index (χ1n) is 14.6. The van der Waals surface area contributed by atoms with Gasteiger partial charge in [0.15, 0.2) is 0 Å². The molecule has 210 valence electrons. The third kappa shape index (κ3) is 6.43. The van der Waals surface area contributed by atoms with Crippen LogP contribution in [0.25, 0.3) is 0 Å². The molecule has 0 bridgehead atoms. The first-order valence-corrected chi connectivity index (χ1v) is 14.6. The monoisotopic (exact) mass is 540 g/mol. The maximum atomic E-state index is 8.93. The number of nitrogens with two attached hydrogens (primary N) is 1. The fourth-order valence-corrected chi connectivity index (χ4v) is 6.21. The van der Waals surface area contributed by atoms with Crippen LogP contribution in [-0.2, 0) is 0 Å². The van der Waals surface area contributed by atoms with Crippen LogP contribution in [0.1, 0.15) is 30.4 Å². The van der Waals surface area contributed by atoms with Gasteiger partial charge in [0, 0.05) is 50.9 Å². The van der Waals surface area contributed by atoms with Gasteiger partial charge in [-0.15, -0.1) is 0 Å². The number of nitrogens with zero attached hydrogens (tertiary/aromatic N) is 4. The Balaban J connectivity index is 1.01. The molecule has 3 aliphatic rings. The minimum Gasteiger partial charge on any atom is -0.457 e. The van der Waals surface area contributed by atoms with Crippen LogP contribution in [0.15, 0.2) is 60.9 Å². The van der Waals surface area contributed by atoms with Gasteiger partial charge in [0.25, 0.3) is 0 Å². The molecule has 40 heavy (non-hydrogen) atoms. The van der Waals surface area contributed by atoms with E-state index in [1.807, 2.05) is 54.6 Å². The lowest BCUT2D eigenvalue weighted by Gasteiger charge is -2.44. The van der Waals surface area contributed by atoms with Gasteiger partial charge in [-0.2, -0.15) is 0 Å². The van der Waals surface area contributed by atoms with Crippen LogP contribution in [-0.4, -0.2) is 83.9 Å². The Labute approximate surface area is 236 Å². The van der Waals surface area contributed by atoms with Crippen LogP contribution in [0.2, 0.25) is 0 Å². The van der Waals surface area contributed by atoms with E-state index >= 15 is 0 Å². The van der Waals surface area contributed by atoms with E-state index in [0.717, 1.165) is 49.1 Å². The number of aromatic nitrogens is 2. The van der Waals surface area contributed by atoms with Gasteiger partial charge in [-0.3, -0.25) is 5.41 Å². The van der Waals surface area contributed by atoms with Crippen LogP contribution in [0.4, 0.5) is 11.6 Å². The standard InChI is InChI=1S/C31H40N8O/c32-29(24-6-8-27(9-7-24)40-26-4-2-1-3-5-26)28-30(33)35-21-36-31(28)37-25-11-14-38(15-12-25)18-23-19-39(20-23)17-22-10-13-34-16-22/h1-9,21-23,25,32,34H,10-20H2,(H3,33,35,36,37). The summed E-state index contributed by atoms with van der Waals surface area (Å²) in [7, 11) is 0. The molecule has 2 aromatic carbocycles. The molecule has 3 saturated heterocycles. The van der Waals surface area contributed by atoms with E-state index in [2.05, 4.69) is 30.4 Å². The molecule has 1 aromatic heterocycles. The molecule has 3 aliphatic heterocycles. The highest BCUT2D eigenvalue weighted by Gasteiger charge is 2.32. The Hall–Kier alpha value is -3.53. The summed E-state index contributed by atoms with van der Waals surface area (Å²) in [5, 5.41) is 16.0. The molecule has 3 aromatic rings. The second-order valence-corrected chi connectivity index (χ2v) is 11.5. The minimum absolute atomic E-state index is 0.298. The molecule has 0 saturated carbocycles. The summed E-state index contributed by atoms with van der Waals surface area (Å²) in [6.07, 6.45) is 4.90. The Morgan fingerprint density at radius 3 is 2.38 bits per heavy atom. The summed E-state index contributed by atoms with van der Waals surface area (Å²) < 4.78 is 5.90. The summed E-state index contributed by atoms with van der Waals surface area (Å²) in [6, 6.07) is 17.4. The molecule has 9 heteroatoms. The van der Waals surface area contributed by atoms with E-state index in [1.165, 1.54) is 52.0 Å². The second-order valence-electron chi connectivity index (χ2n) is 11.5. The van der Waals surface area contributed by atoms with Gasteiger partial charge in [0.2, 0.25) is 0 Å². The van der Waals surface area contributed by atoms with Crippen LogP contribution in [0.5, 0.6) is 11.5 Å². The van der Waals surface area contributed by atoms with Gasteiger partial charge in [0.1, 0.15) is 29.5 Å². The number of benzene rings is 2. The molecule has 3 fully saturated rings. The van der Waals surface area contributed by atoms with Crippen LogP contribution in [0.3, 0.4) is 0 Å². The first kappa shape index (κ1) is 26.7. The van der Waals surface area contributed by atoms with Crippen molar-refractivity contribution < 1.29 is 4.74 Å². The normalized spacial score (nSPS) is 20.8. The number of nitrogen functional groups attached to an aromatic ring is 1. The molecule has 0 aliphatic carbocycles. The maximum absolute atomic E-state index is 8.93. The van der Waals surface area contributed by atoms with E-state index in [0.29, 0.717) is 34.7 Å². The zero-order valence-corrected chi connectivity index (χ0v) is 23.1. The number of piperidine rings is 1. The SMILES string of the molecule is N=C(c1ccc(Oc2ccccc2)cc1)c1c(N)ncnc1NC1CCN(CC2CN(CC3CCNC3)C2)CC1. The minimum atomic E-state index is 0.298. The topological polar surface area (TPSA) is 115 Å². The highest BCUT2D eigenvalue weighted by Crippen LogP contribution is 2.27. The van der Waals surface area contributed by atoms with Crippen LogP contribution in [0, 0.1) is 17.2 Å². The Kier molecular flexibility index (Phi) is 8.22. The van der Waals surface area contributed by atoms with Crippen molar-refractivity contribution in [2.45, 2.75) is 25.3 Å². The van der Waals surface area contributed by atoms with Crippen molar-refractivity contribution in [1.29, 1.82) is 5.41 Å². The van der Waals surface area contributed by atoms with Crippen molar-refractivity contribution in [2.24, 2.45) is 11.8 Å². The number of hydrogen-bond acceptors (Lipinski definition) is 9. The fourth-order valence-electron chi connectivity index (χ4n) is 6.21. The molecule has 0 spiro atoms. The average Bonchev–Trinajstić information content (AvgIpc) is 3.47. The van der Waals surface area contributed by atoms with E-state index < -0.39 is 0 Å². The summed E-state index contributed by atoms with van der Waals surface area (Å²) in [5.74, 6) is 4.08. The highest BCUT2D eigenvalue weighted by molar-refractivity contribution is 6.16. The number of anilines is 2. The molecule has 6 rings (SSSR count). The van der Waals surface area contributed by atoms with E-state index in [1.54, 1.807) is 0 Å². The molecular weight excluding hydrogens is 500 g/mol. The third-order valence-electron chi connectivity index (χ3n) is 8.40. The first-order chi connectivity index (χ1) is 19.6. The molecule has 1 unspecified atom stereocenters. The zero-order valence-electron chi connectivity index (χ0n) is 23.1. The van der Waals surface area contributed by atoms with E-state index in [9.17, 15) is 0 Å². The molecule has 1 atom stereocenters. The van der Waals surface area contributed by atoms with Crippen LogP contribution < -0.4 is 21.1 Å². The Morgan fingerprint density at radius 1 is 0.925 bits per heavy atom. The lowest BCUT2D eigenvalue weighted by atomic mass is 9.95. The molecule has 0 radical (unpaired) electrons. The lowest BCUT2D eigenvalue weighted by molar-refractivity contribution is 0.0500. The molecule has 5 N–H and O–H groups in total. The van der Waals surface area contributed by atoms with Crippen molar-refractivity contribution in [2.75, 3.05) is 63.4 Å². The van der Waals surface area contributed by atoms with Gasteiger partial charge in [0.05, 0.1) is 11.3 Å². The highest BCUT2D eigenvalue weighted by atomic mass is 16.5. The van der Waals surface area contributed by atoms with Gasteiger partial charge in [-0.1, -0.05) is 18.2 Å². The van der Waals surface area contributed by atoms with Crippen LogP contribution >= 0.6 is 0 Å². The molecule has 4 heterocycles. The summed E-state index contributed by atoms with van der Waals surface area (Å²) in [4.78, 5) is 14.0. The third-order valence-corrected chi connectivity index (χ3v) is 8.40. The van der Waals surface area contributed by atoms with Gasteiger partial charge < -0.3 is 30.9 Å². The van der Waals surface area contributed by atoms with E-state index in [4.69, 9.17) is 15.9 Å². The Bertz CT molecular complexity index is 1260. The quantitative estimate of drug-likeness (QED) is 0.288. The predicted molar refractivity (Wildman–Crippen MR) is 159 cm³/mol. The largest absolute Gasteiger partial charge is 0.457 e. The predicted octanol–water partition coefficient (Wildman–Crippen LogP) is 3.68. The number of nitrogens with one attached hydrogen (secondary N) is 3. The molecule has 0 amide bonds. The van der Waals surface area contributed by atoms with Crippen molar-refractivity contribution in [3.8, 4) is 11.5 Å². The zero-order chi connectivity index (χ0) is 27.3. The maximum Gasteiger partial charge on any atom is 0.141 e. The van der Waals surface area contributed by atoms with E-state index in [-0.39, 0.29) is 0 Å². The Morgan fingerprint density at radius 2 is 1.65 bits per heavy atom. The summed E-state index contributed by atoms with van der Waals surface area (Å²) >= 11 is 0. The summed E-state index contributed by atoms with van der Waals surface area (Å²) in [5.41, 5.74) is 7.87. The fraction of sp³-hybridized carbons (Fsp3) is 0.452. The van der Waals surface area contributed by atoms with Crippen molar-refractivity contribution in [3.63, 3.8) is 0 Å². The second kappa shape index (κ2) is 12.3. The van der Waals surface area contributed by atoms with Gasteiger partial charge >= 0.3 is 0 Å². The van der Waals surface area contributed by atoms with Crippen molar-refractivity contribution in [3.05, 3.63) is 72.1 Å². The number of para-hydroxylation sites is 1. The number of ether oxygens (including phenoxy) is 1. The van der Waals surface area contributed by atoms with Crippen molar-refractivity contribution in [1.82, 2.24) is 25.1 Å². The average molecular weight is 541 g/mol. The van der Waals surface area contributed by atoms with Crippen molar-refractivity contribution >= 4 is 17.3 Å². The number of rotatable bonds is 10. The van der Waals surface area contributed by atoms with Gasteiger partial charge in [-0.25, -0.2) is 9.97 Å². The lowest BCUT2D eigenvalue weighted by Crippen LogP contribution is -2.54. The summed E-state index contributed by atoms with van der Waals surface area (Å²) in [6.45, 7) is 9.50. The smallest absolute Gasteiger partial charge is 0.141 e. The molecular formula is C31H40N8O. The number of likely N-dealkylation sites (tertiary alicyclic amines) is 2. The van der Waals surface area contributed by atoms with Gasteiger partial charge in [-0.05, 0) is 80.6 Å². The number of hydrogen-bond donors (Lipinski definition) is 4. The molecule has 9 nitrogen and oxygen atoms in total.